The van der Waals surface area contributed by atoms with Crippen molar-refractivity contribution in [3.05, 3.63) is 35.6 Å². The maximum Gasteiger partial charge on any atom is 0.221 e. The first kappa shape index (κ1) is 15.0. The Balaban J connectivity index is 2.07. The zero-order valence-electron chi connectivity index (χ0n) is 12.0. The van der Waals surface area contributed by atoms with Crippen molar-refractivity contribution in [3.63, 3.8) is 0 Å². The number of amides is 1. The Bertz CT molecular complexity index is 427. The van der Waals surface area contributed by atoms with Crippen molar-refractivity contribution in [2.45, 2.75) is 38.1 Å². The average molecular weight is 278 g/mol. The summed E-state index contributed by atoms with van der Waals surface area (Å²) in [4.78, 5) is 12.0. The molecule has 110 valence electrons. The van der Waals surface area contributed by atoms with E-state index in [4.69, 9.17) is 0 Å². The van der Waals surface area contributed by atoms with Gasteiger partial charge in [0.15, 0.2) is 0 Å². The second kappa shape index (κ2) is 7.39. The highest BCUT2D eigenvalue weighted by atomic mass is 19.1. The van der Waals surface area contributed by atoms with E-state index in [1.807, 2.05) is 7.05 Å². The van der Waals surface area contributed by atoms with Crippen molar-refractivity contribution in [1.82, 2.24) is 10.6 Å². The number of benzene rings is 1. The normalized spacial score (nSPS) is 17.1. The fraction of sp³-hybridized carbons (Fsp3) is 0.562. The molecule has 1 amide bonds. The molecule has 1 aromatic rings. The Morgan fingerprint density at radius 3 is 2.55 bits per heavy atom. The first-order chi connectivity index (χ1) is 9.70. The summed E-state index contributed by atoms with van der Waals surface area (Å²) in [6.07, 6.45) is 5.17. The minimum Gasteiger partial charge on any atom is -0.349 e. The van der Waals surface area contributed by atoms with E-state index < -0.39 is 0 Å². The number of nitrogens with one attached hydrogen (secondary N) is 2. The van der Waals surface area contributed by atoms with Crippen LogP contribution in [0.2, 0.25) is 0 Å². The standard InChI is InChI=1S/C16H23FN2O/c1-18-11-10-15(20)19-16(12-4-2-3-5-12)13-6-8-14(17)9-7-13/h6-9,12,16,18H,2-5,10-11H2,1H3,(H,19,20). The third kappa shape index (κ3) is 4.04. The topological polar surface area (TPSA) is 41.1 Å². The van der Waals surface area contributed by atoms with E-state index in [-0.39, 0.29) is 17.8 Å². The zero-order valence-corrected chi connectivity index (χ0v) is 12.0. The maximum absolute atomic E-state index is 13.1. The molecule has 1 atom stereocenters. The highest BCUT2D eigenvalue weighted by molar-refractivity contribution is 5.76. The number of carbonyl (C=O) groups is 1. The third-order valence-corrected chi connectivity index (χ3v) is 4.02. The summed E-state index contributed by atoms with van der Waals surface area (Å²) in [5.74, 6) is 0.292. The number of hydrogen-bond acceptors (Lipinski definition) is 2. The highest BCUT2D eigenvalue weighted by Gasteiger charge is 2.27. The van der Waals surface area contributed by atoms with E-state index in [9.17, 15) is 9.18 Å². The Morgan fingerprint density at radius 1 is 1.30 bits per heavy atom. The van der Waals surface area contributed by atoms with Crippen LogP contribution in [0.1, 0.15) is 43.7 Å². The van der Waals surface area contributed by atoms with Gasteiger partial charge in [-0.3, -0.25) is 4.79 Å². The largest absolute Gasteiger partial charge is 0.349 e. The maximum atomic E-state index is 13.1. The average Bonchev–Trinajstić information content (AvgIpc) is 2.97. The molecule has 0 radical (unpaired) electrons. The van der Waals surface area contributed by atoms with Gasteiger partial charge in [-0.15, -0.1) is 0 Å². The summed E-state index contributed by atoms with van der Waals surface area (Å²) in [5, 5.41) is 6.11. The van der Waals surface area contributed by atoms with Gasteiger partial charge in [-0.25, -0.2) is 4.39 Å². The van der Waals surface area contributed by atoms with Gasteiger partial charge < -0.3 is 10.6 Å². The molecule has 20 heavy (non-hydrogen) atoms. The van der Waals surface area contributed by atoms with Gasteiger partial charge in [0, 0.05) is 13.0 Å². The molecule has 0 aromatic heterocycles. The van der Waals surface area contributed by atoms with Crippen molar-refractivity contribution in [2.75, 3.05) is 13.6 Å². The van der Waals surface area contributed by atoms with Crippen molar-refractivity contribution < 1.29 is 9.18 Å². The van der Waals surface area contributed by atoms with Crippen LogP contribution in [-0.4, -0.2) is 19.5 Å². The molecule has 0 saturated heterocycles. The van der Waals surface area contributed by atoms with Gasteiger partial charge in [-0.05, 0) is 43.5 Å². The third-order valence-electron chi connectivity index (χ3n) is 4.02. The summed E-state index contributed by atoms with van der Waals surface area (Å²) in [5.41, 5.74) is 1.01. The molecular formula is C16H23FN2O. The SMILES string of the molecule is CNCCC(=O)NC(c1ccc(F)cc1)C1CCCC1. The molecule has 3 nitrogen and oxygen atoms in total. The fourth-order valence-corrected chi connectivity index (χ4v) is 2.92. The van der Waals surface area contributed by atoms with E-state index in [2.05, 4.69) is 10.6 Å². The van der Waals surface area contributed by atoms with E-state index in [0.29, 0.717) is 18.9 Å². The van der Waals surface area contributed by atoms with Crippen molar-refractivity contribution in [2.24, 2.45) is 5.92 Å². The molecule has 0 aliphatic heterocycles. The van der Waals surface area contributed by atoms with Gasteiger partial charge >= 0.3 is 0 Å². The minimum absolute atomic E-state index is 0.0162. The van der Waals surface area contributed by atoms with Gasteiger partial charge in [0.2, 0.25) is 5.91 Å². The first-order valence-corrected chi connectivity index (χ1v) is 7.40. The van der Waals surface area contributed by atoms with Crippen LogP contribution in [0.25, 0.3) is 0 Å². The molecule has 1 aliphatic carbocycles. The first-order valence-electron chi connectivity index (χ1n) is 7.40. The van der Waals surface area contributed by atoms with E-state index in [1.165, 1.54) is 25.0 Å². The van der Waals surface area contributed by atoms with Crippen LogP contribution in [0.3, 0.4) is 0 Å². The number of halogens is 1. The van der Waals surface area contributed by atoms with Crippen molar-refractivity contribution >= 4 is 5.91 Å². The van der Waals surface area contributed by atoms with Crippen LogP contribution in [0, 0.1) is 11.7 Å². The van der Waals surface area contributed by atoms with Crippen LogP contribution in [0.5, 0.6) is 0 Å². The summed E-state index contributed by atoms with van der Waals surface area (Å²) >= 11 is 0. The van der Waals surface area contributed by atoms with Crippen LogP contribution >= 0.6 is 0 Å². The molecule has 0 bridgehead atoms. The van der Waals surface area contributed by atoms with Gasteiger partial charge in [0.1, 0.15) is 5.82 Å². The molecule has 1 aliphatic rings. The monoisotopic (exact) mass is 278 g/mol. The molecule has 1 saturated carbocycles. The van der Waals surface area contributed by atoms with Gasteiger partial charge in [-0.2, -0.15) is 0 Å². The van der Waals surface area contributed by atoms with Gasteiger partial charge in [-0.1, -0.05) is 25.0 Å². The molecule has 4 heteroatoms. The van der Waals surface area contributed by atoms with E-state index in [1.54, 1.807) is 12.1 Å². The van der Waals surface area contributed by atoms with E-state index >= 15 is 0 Å². The summed E-state index contributed by atoms with van der Waals surface area (Å²) in [6, 6.07) is 6.53. The zero-order chi connectivity index (χ0) is 14.4. The van der Waals surface area contributed by atoms with Crippen LogP contribution in [0.4, 0.5) is 4.39 Å². The Labute approximate surface area is 120 Å². The number of hydrogen-bond donors (Lipinski definition) is 2. The predicted octanol–water partition coefficient (Wildman–Crippen LogP) is 2.78. The second-order valence-corrected chi connectivity index (χ2v) is 5.49. The van der Waals surface area contributed by atoms with Crippen LogP contribution < -0.4 is 10.6 Å². The quantitative estimate of drug-likeness (QED) is 0.840. The summed E-state index contributed by atoms with van der Waals surface area (Å²) < 4.78 is 13.1. The van der Waals surface area contributed by atoms with Gasteiger partial charge in [0.25, 0.3) is 0 Å². The molecule has 2 rings (SSSR count). The van der Waals surface area contributed by atoms with Crippen molar-refractivity contribution in [1.29, 1.82) is 0 Å². The lowest BCUT2D eigenvalue weighted by atomic mass is 9.91. The van der Waals surface area contributed by atoms with Crippen LogP contribution in [0.15, 0.2) is 24.3 Å². The summed E-state index contributed by atoms with van der Waals surface area (Å²) in [6.45, 7) is 0.673. The minimum atomic E-state index is -0.236. The lowest BCUT2D eigenvalue weighted by Gasteiger charge is -2.25. The number of rotatable bonds is 6. The highest BCUT2D eigenvalue weighted by Crippen LogP contribution is 2.35. The number of carbonyl (C=O) groups excluding carboxylic acids is 1. The molecule has 0 heterocycles. The fourth-order valence-electron chi connectivity index (χ4n) is 2.92. The van der Waals surface area contributed by atoms with Gasteiger partial charge in [0.05, 0.1) is 6.04 Å². The lowest BCUT2D eigenvalue weighted by Crippen LogP contribution is -2.34. The lowest BCUT2D eigenvalue weighted by molar-refractivity contribution is -0.122. The van der Waals surface area contributed by atoms with Crippen molar-refractivity contribution in [3.8, 4) is 0 Å². The molecule has 1 unspecified atom stereocenters. The molecular weight excluding hydrogens is 255 g/mol. The molecule has 0 spiro atoms. The predicted molar refractivity (Wildman–Crippen MR) is 77.8 cm³/mol. The van der Waals surface area contributed by atoms with Crippen LogP contribution in [-0.2, 0) is 4.79 Å². The summed E-state index contributed by atoms with van der Waals surface area (Å²) in [7, 11) is 1.84. The Morgan fingerprint density at radius 2 is 1.95 bits per heavy atom. The second-order valence-electron chi connectivity index (χ2n) is 5.49. The van der Waals surface area contributed by atoms with E-state index in [0.717, 1.165) is 18.4 Å². The molecule has 1 aromatic carbocycles. The molecule has 1 fully saturated rings. The Hall–Kier alpha value is -1.42. The smallest absolute Gasteiger partial charge is 0.221 e. The Kier molecular flexibility index (Phi) is 5.53. The molecule has 2 N–H and O–H groups in total.